The summed E-state index contributed by atoms with van der Waals surface area (Å²) in [6, 6.07) is 9.52. The number of rotatable bonds is 4. The van der Waals surface area contributed by atoms with E-state index in [2.05, 4.69) is 10.4 Å². The quantitative estimate of drug-likeness (QED) is 0.204. The van der Waals surface area contributed by atoms with Crippen molar-refractivity contribution in [1.29, 1.82) is 0 Å². The van der Waals surface area contributed by atoms with E-state index >= 15 is 0 Å². The molecule has 5 N–H and O–H groups in total. The summed E-state index contributed by atoms with van der Waals surface area (Å²) in [5.74, 6) is 6.05. The zero-order valence-corrected chi connectivity index (χ0v) is 7.81. The lowest BCUT2D eigenvalue weighted by Gasteiger charge is -2.03. The van der Waals surface area contributed by atoms with Gasteiger partial charge in [0.2, 0.25) is 5.96 Å². The Hall–Kier alpha value is -1.75. The molecule has 76 valence electrons. The number of nitrogens with zero attached hydrogens (tertiary/aromatic N) is 1. The van der Waals surface area contributed by atoms with Crippen molar-refractivity contribution < 1.29 is 4.74 Å². The summed E-state index contributed by atoms with van der Waals surface area (Å²) >= 11 is 0. The van der Waals surface area contributed by atoms with E-state index in [4.69, 9.17) is 16.3 Å². The molecule has 0 fully saturated rings. The highest BCUT2D eigenvalue weighted by molar-refractivity contribution is 5.77. The number of hydrazine groups is 1. The van der Waals surface area contributed by atoms with Crippen LogP contribution in [-0.4, -0.2) is 19.1 Å². The Morgan fingerprint density at radius 2 is 2.07 bits per heavy atom. The highest BCUT2D eigenvalue weighted by atomic mass is 16.5. The molecule has 1 aromatic carbocycles. The molecule has 0 heterocycles. The van der Waals surface area contributed by atoms with Crippen LogP contribution in [0.1, 0.15) is 0 Å². The van der Waals surface area contributed by atoms with Crippen molar-refractivity contribution in [3.05, 3.63) is 30.3 Å². The molecule has 0 spiro atoms. The molecule has 0 saturated heterocycles. The first-order valence-electron chi connectivity index (χ1n) is 4.27. The maximum atomic E-state index is 5.37. The van der Waals surface area contributed by atoms with Gasteiger partial charge in [-0.1, -0.05) is 18.2 Å². The Morgan fingerprint density at radius 1 is 1.36 bits per heavy atom. The molecular formula is C9H14N4O. The van der Waals surface area contributed by atoms with Gasteiger partial charge in [-0.2, -0.15) is 0 Å². The molecule has 0 aliphatic carbocycles. The third kappa shape index (κ3) is 3.77. The largest absolute Gasteiger partial charge is 0.492 e. The Labute approximate surface area is 82.7 Å². The van der Waals surface area contributed by atoms with Gasteiger partial charge in [0.1, 0.15) is 12.4 Å². The summed E-state index contributed by atoms with van der Waals surface area (Å²) in [4.78, 5) is 3.89. The number of aliphatic imine (C=N–C) groups is 1. The van der Waals surface area contributed by atoms with Crippen molar-refractivity contribution in [3.63, 3.8) is 0 Å². The Bertz CT molecular complexity index is 286. The normalized spacial score (nSPS) is 11.1. The first-order valence-corrected chi connectivity index (χ1v) is 4.27. The van der Waals surface area contributed by atoms with Crippen molar-refractivity contribution in [2.24, 2.45) is 16.6 Å². The standard InChI is InChI=1S/C9H14N4O/c10-9(13-11)12-6-7-14-8-4-2-1-3-5-8/h1-5H,6-7,11H2,(H3,10,12,13). The minimum atomic E-state index is 0.210. The van der Waals surface area contributed by atoms with E-state index in [9.17, 15) is 0 Å². The number of para-hydroxylation sites is 1. The van der Waals surface area contributed by atoms with Crippen molar-refractivity contribution in [2.75, 3.05) is 13.2 Å². The zero-order chi connectivity index (χ0) is 10.2. The average molecular weight is 194 g/mol. The molecule has 5 nitrogen and oxygen atoms in total. The highest BCUT2D eigenvalue weighted by Crippen LogP contribution is 2.07. The molecule has 1 rings (SSSR count). The number of hydrogen-bond acceptors (Lipinski definition) is 3. The molecule has 0 atom stereocenters. The van der Waals surface area contributed by atoms with Crippen molar-refractivity contribution in [2.45, 2.75) is 0 Å². The molecule has 0 amide bonds. The van der Waals surface area contributed by atoms with E-state index in [1.165, 1.54) is 0 Å². The number of nitrogens with one attached hydrogen (secondary N) is 1. The summed E-state index contributed by atoms with van der Waals surface area (Å²) < 4.78 is 5.37. The van der Waals surface area contributed by atoms with Gasteiger partial charge in [0.05, 0.1) is 6.54 Å². The Kier molecular flexibility index (Phi) is 4.30. The Balaban J connectivity index is 2.23. The summed E-state index contributed by atoms with van der Waals surface area (Å²) in [5, 5.41) is 0. The maximum absolute atomic E-state index is 5.37. The van der Waals surface area contributed by atoms with Gasteiger partial charge in [0, 0.05) is 0 Å². The molecule has 5 heteroatoms. The molecule has 14 heavy (non-hydrogen) atoms. The van der Waals surface area contributed by atoms with Gasteiger partial charge in [0.15, 0.2) is 0 Å². The first kappa shape index (κ1) is 10.3. The van der Waals surface area contributed by atoms with E-state index in [1.54, 1.807) is 0 Å². The lowest BCUT2D eigenvalue weighted by Crippen LogP contribution is -2.37. The predicted octanol–water partition coefficient (Wildman–Crippen LogP) is -0.157. The van der Waals surface area contributed by atoms with Crippen LogP contribution in [0.3, 0.4) is 0 Å². The topological polar surface area (TPSA) is 85.7 Å². The minimum absolute atomic E-state index is 0.210. The van der Waals surface area contributed by atoms with Crippen LogP contribution in [0.4, 0.5) is 0 Å². The van der Waals surface area contributed by atoms with Gasteiger partial charge in [-0.05, 0) is 12.1 Å². The van der Waals surface area contributed by atoms with E-state index in [1.807, 2.05) is 30.3 Å². The highest BCUT2D eigenvalue weighted by Gasteiger charge is 1.90. The number of hydrogen-bond donors (Lipinski definition) is 3. The summed E-state index contributed by atoms with van der Waals surface area (Å²) in [5.41, 5.74) is 7.55. The third-order valence-corrected chi connectivity index (χ3v) is 1.53. The fourth-order valence-corrected chi connectivity index (χ4v) is 0.892. The second kappa shape index (κ2) is 5.82. The van der Waals surface area contributed by atoms with Crippen molar-refractivity contribution >= 4 is 5.96 Å². The molecule has 0 radical (unpaired) electrons. The van der Waals surface area contributed by atoms with E-state index in [0.29, 0.717) is 13.2 Å². The minimum Gasteiger partial charge on any atom is -0.492 e. The molecule has 0 aromatic heterocycles. The van der Waals surface area contributed by atoms with Crippen molar-refractivity contribution in [1.82, 2.24) is 5.43 Å². The van der Waals surface area contributed by atoms with Crippen LogP contribution in [0.5, 0.6) is 5.75 Å². The van der Waals surface area contributed by atoms with E-state index in [-0.39, 0.29) is 5.96 Å². The number of benzene rings is 1. The maximum Gasteiger partial charge on any atom is 0.203 e. The third-order valence-electron chi connectivity index (χ3n) is 1.53. The molecule has 0 saturated carbocycles. The van der Waals surface area contributed by atoms with Crippen LogP contribution in [0.25, 0.3) is 0 Å². The summed E-state index contributed by atoms with van der Waals surface area (Å²) in [6.07, 6.45) is 0. The van der Waals surface area contributed by atoms with E-state index < -0.39 is 0 Å². The van der Waals surface area contributed by atoms with E-state index in [0.717, 1.165) is 5.75 Å². The van der Waals surface area contributed by atoms with Crippen LogP contribution >= 0.6 is 0 Å². The number of guanidine groups is 1. The molecule has 0 bridgehead atoms. The van der Waals surface area contributed by atoms with Gasteiger partial charge in [-0.25, -0.2) is 10.8 Å². The summed E-state index contributed by atoms with van der Waals surface area (Å²) in [6.45, 7) is 0.956. The van der Waals surface area contributed by atoms with Crippen LogP contribution in [0.15, 0.2) is 35.3 Å². The second-order valence-electron chi connectivity index (χ2n) is 2.57. The van der Waals surface area contributed by atoms with Gasteiger partial charge in [0.25, 0.3) is 0 Å². The predicted molar refractivity (Wildman–Crippen MR) is 55.7 cm³/mol. The molecule has 0 aliphatic rings. The van der Waals surface area contributed by atoms with Gasteiger partial charge < -0.3 is 10.5 Å². The van der Waals surface area contributed by atoms with Gasteiger partial charge in [-0.15, -0.1) is 0 Å². The lowest BCUT2D eigenvalue weighted by atomic mass is 10.3. The molecular weight excluding hydrogens is 180 g/mol. The van der Waals surface area contributed by atoms with Crippen LogP contribution in [0, 0.1) is 0 Å². The van der Waals surface area contributed by atoms with Crippen molar-refractivity contribution in [3.8, 4) is 5.75 Å². The second-order valence-corrected chi connectivity index (χ2v) is 2.57. The number of ether oxygens (including phenoxy) is 1. The molecule has 1 aromatic rings. The van der Waals surface area contributed by atoms with Crippen LogP contribution in [0.2, 0.25) is 0 Å². The van der Waals surface area contributed by atoms with Crippen LogP contribution in [-0.2, 0) is 0 Å². The fourth-order valence-electron chi connectivity index (χ4n) is 0.892. The lowest BCUT2D eigenvalue weighted by molar-refractivity contribution is 0.328. The zero-order valence-electron chi connectivity index (χ0n) is 7.81. The average Bonchev–Trinajstić information content (AvgIpc) is 2.25. The fraction of sp³-hybridized carbons (Fsp3) is 0.222. The van der Waals surface area contributed by atoms with Crippen LogP contribution < -0.4 is 21.7 Å². The first-order chi connectivity index (χ1) is 6.83. The Morgan fingerprint density at radius 3 is 2.71 bits per heavy atom. The SMILES string of the molecule is NNC(N)=NCCOc1ccccc1. The molecule has 0 aliphatic heterocycles. The van der Waals surface area contributed by atoms with Gasteiger partial charge >= 0.3 is 0 Å². The smallest absolute Gasteiger partial charge is 0.203 e. The monoisotopic (exact) mass is 194 g/mol. The molecule has 0 unspecified atom stereocenters. The number of nitrogens with two attached hydrogens (primary N) is 2. The summed E-state index contributed by atoms with van der Waals surface area (Å²) in [7, 11) is 0. The van der Waals surface area contributed by atoms with Gasteiger partial charge in [-0.3, -0.25) is 5.43 Å².